The summed E-state index contributed by atoms with van der Waals surface area (Å²) < 4.78 is 0. The van der Waals surface area contributed by atoms with Crippen molar-refractivity contribution in [2.24, 2.45) is 5.16 Å². The number of nitrogens with zero attached hydrogens (tertiary/aromatic N) is 2. The number of rotatable bonds is 7. The summed E-state index contributed by atoms with van der Waals surface area (Å²) in [6.07, 6.45) is 3.49. The Bertz CT molecular complexity index is 208. The van der Waals surface area contributed by atoms with E-state index in [2.05, 4.69) is 12.1 Å². The monoisotopic (exact) mass is 236 g/mol. The number of oxime groups is 1. The average molecular weight is 237 g/mol. The number of Topliss-reactive ketones (excluding diaryl/α,β-unsaturated/α-hetero) is 1. The van der Waals surface area contributed by atoms with E-state index in [0.717, 1.165) is 13.0 Å². The van der Waals surface area contributed by atoms with E-state index in [1.54, 1.807) is 0 Å². The minimum absolute atomic E-state index is 0. The first kappa shape index (κ1) is 16.8. The van der Waals surface area contributed by atoms with Gasteiger partial charge in [-0.05, 0) is 20.0 Å². The highest BCUT2D eigenvalue weighted by molar-refractivity contribution is 6.39. The standard InChI is InChI=1S/C10H20N2O2.ClH/c1-4-5-6-7-12(3)8-10(11-14)9(2)13;/h14H,4-8H2,1-3H3;1H/b11-10-;. The van der Waals surface area contributed by atoms with E-state index in [4.69, 9.17) is 5.21 Å². The Morgan fingerprint density at radius 2 is 2.00 bits per heavy atom. The maximum atomic E-state index is 10.9. The molecule has 15 heavy (non-hydrogen) atoms. The predicted octanol–water partition coefficient (Wildman–Crippen LogP) is 1.95. The third kappa shape index (κ3) is 8.39. The van der Waals surface area contributed by atoms with Crippen molar-refractivity contribution >= 4 is 23.9 Å². The molecule has 0 spiro atoms. The summed E-state index contributed by atoms with van der Waals surface area (Å²) in [5.74, 6) is -0.171. The first-order valence-electron chi connectivity index (χ1n) is 5.02. The molecule has 90 valence electrons. The predicted molar refractivity (Wildman–Crippen MR) is 64.2 cm³/mol. The second-order valence-electron chi connectivity index (χ2n) is 3.55. The van der Waals surface area contributed by atoms with Crippen molar-refractivity contribution < 1.29 is 10.0 Å². The summed E-state index contributed by atoms with van der Waals surface area (Å²) in [6.45, 7) is 4.92. The zero-order chi connectivity index (χ0) is 11.0. The van der Waals surface area contributed by atoms with E-state index in [-0.39, 0.29) is 23.9 Å². The lowest BCUT2D eigenvalue weighted by atomic mass is 10.2. The highest BCUT2D eigenvalue weighted by Gasteiger charge is 2.09. The van der Waals surface area contributed by atoms with E-state index in [1.165, 1.54) is 19.8 Å². The molecule has 0 saturated heterocycles. The first-order valence-corrected chi connectivity index (χ1v) is 5.02. The van der Waals surface area contributed by atoms with E-state index >= 15 is 0 Å². The third-order valence-corrected chi connectivity index (χ3v) is 2.09. The molecule has 0 aromatic rings. The number of carbonyl (C=O) groups excluding carboxylic acids is 1. The smallest absolute Gasteiger partial charge is 0.178 e. The van der Waals surface area contributed by atoms with Gasteiger partial charge in [-0.25, -0.2) is 0 Å². The quantitative estimate of drug-likeness (QED) is 0.318. The van der Waals surface area contributed by atoms with Crippen LogP contribution in [-0.2, 0) is 4.79 Å². The molecule has 0 bridgehead atoms. The van der Waals surface area contributed by atoms with Gasteiger partial charge in [-0.2, -0.15) is 0 Å². The van der Waals surface area contributed by atoms with Crippen LogP contribution in [0.4, 0.5) is 0 Å². The molecule has 0 saturated carbocycles. The first-order chi connectivity index (χ1) is 6.61. The van der Waals surface area contributed by atoms with Gasteiger partial charge in [0.1, 0.15) is 5.71 Å². The molecule has 0 aromatic heterocycles. The van der Waals surface area contributed by atoms with Gasteiger partial charge in [-0.1, -0.05) is 24.9 Å². The van der Waals surface area contributed by atoms with Gasteiger partial charge in [0.15, 0.2) is 5.78 Å². The van der Waals surface area contributed by atoms with E-state index in [1.807, 2.05) is 11.9 Å². The van der Waals surface area contributed by atoms with Gasteiger partial charge in [0.05, 0.1) is 0 Å². The van der Waals surface area contributed by atoms with Crippen LogP contribution < -0.4 is 0 Å². The molecule has 0 aromatic carbocycles. The van der Waals surface area contributed by atoms with Gasteiger partial charge in [-0.15, -0.1) is 12.4 Å². The molecule has 0 fully saturated rings. The summed E-state index contributed by atoms with van der Waals surface area (Å²) in [6, 6.07) is 0. The fraction of sp³-hybridized carbons (Fsp3) is 0.800. The molecule has 0 radical (unpaired) electrons. The largest absolute Gasteiger partial charge is 0.411 e. The lowest BCUT2D eigenvalue weighted by Crippen LogP contribution is -2.30. The summed E-state index contributed by atoms with van der Waals surface area (Å²) in [5, 5.41) is 11.5. The number of halogens is 1. The van der Waals surface area contributed by atoms with E-state index in [0.29, 0.717) is 6.54 Å². The molecule has 0 heterocycles. The van der Waals surface area contributed by atoms with Crippen LogP contribution in [0.15, 0.2) is 5.16 Å². The molecule has 0 amide bonds. The Labute approximate surface area is 97.7 Å². The van der Waals surface area contributed by atoms with E-state index in [9.17, 15) is 4.79 Å². The van der Waals surface area contributed by atoms with Gasteiger partial charge in [0.25, 0.3) is 0 Å². The number of unbranched alkanes of at least 4 members (excludes halogenated alkanes) is 2. The van der Waals surface area contributed by atoms with Crippen LogP contribution in [0.2, 0.25) is 0 Å². The molecule has 4 nitrogen and oxygen atoms in total. The topological polar surface area (TPSA) is 52.9 Å². The van der Waals surface area contributed by atoms with Gasteiger partial charge in [0, 0.05) is 13.5 Å². The van der Waals surface area contributed by atoms with Crippen LogP contribution in [0.5, 0.6) is 0 Å². The Hall–Kier alpha value is -0.610. The SMILES string of the molecule is CCCCCN(C)C/C(=N/O)C(C)=O.Cl. The molecule has 0 aliphatic rings. The van der Waals surface area contributed by atoms with Crippen LogP contribution in [0.25, 0.3) is 0 Å². The molecular weight excluding hydrogens is 216 g/mol. The zero-order valence-electron chi connectivity index (χ0n) is 9.69. The Morgan fingerprint density at radius 3 is 2.40 bits per heavy atom. The number of carbonyl (C=O) groups is 1. The van der Waals surface area contributed by atoms with E-state index < -0.39 is 0 Å². The molecule has 0 aliphatic heterocycles. The Kier molecular flexibility index (Phi) is 11.1. The second kappa shape index (κ2) is 9.93. The highest BCUT2D eigenvalue weighted by Crippen LogP contribution is 1.96. The van der Waals surface area contributed by atoms with Gasteiger partial charge in [0.2, 0.25) is 0 Å². The number of hydrogen-bond donors (Lipinski definition) is 1. The molecule has 0 aliphatic carbocycles. The minimum atomic E-state index is -0.171. The van der Waals surface area contributed by atoms with Crippen LogP contribution in [-0.4, -0.2) is 41.7 Å². The minimum Gasteiger partial charge on any atom is -0.411 e. The van der Waals surface area contributed by atoms with Crippen LogP contribution in [0.1, 0.15) is 33.1 Å². The molecule has 0 unspecified atom stereocenters. The summed E-state index contributed by atoms with van der Waals surface area (Å²) >= 11 is 0. The normalized spacial score (nSPS) is 11.3. The highest BCUT2D eigenvalue weighted by atomic mass is 35.5. The Balaban J connectivity index is 0. The van der Waals surface area contributed by atoms with Gasteiger partial charge in [-0.3, -0.25) is 4.79 Å². The Morgan fingerprint density at radius 1 is 1.40 bits per heavy atom. The van der Waals surface area contributed by atoms with Crippen molar-refractivity contribution in [1.82, 2.24) is 4.90 Å². The van der Waals surface area contributed by atoms with Crippen molar-refractivity contribution in [2.45, 2.75) is 33.1 Å². The lowest BCUT2D eigenvalue weighted by molar-refractivity contribution is -0.111. The summed E-state index contributed by atoms with van der Waals surface area (Å²) in [7, 11) is 1.92. The fourth-order valence-electron chi connectivity index (χ4n) is 1.18. The number of hydrogen-bond acceptors (Lipinski definition) is 4. The molecule has 0 atom stereocenters. The maximum absolute atomic E-state index is 10.9. The molecule has 0 rings (SSSR count). The van der Waals surface area contributed by atoms with Crippen molar-refractivity contribution in [3.05, 3.63) is 0 Å². The van der Waals surface area contributed by atoms with Crippen LogP contribution >= 0.6 is 12.4 Å². The molecule has 1 N–H and O–H groups in total. The number of ketones is 1. The zero-order valence-corrected chi connectivity index (χ0v) is 10.5. The second-order valence-corrected chi connectivity index (χ2v) is 3.55. The lowest BCUT2D eigenvalue weighted by Gasteiger charge is -2.15. The third-order valence-electron chi connectivity index (χ3n) is 2.09. The summed E-state index contributed by atoms with van der Waals surface area (Å²) in [4.78, 5) is 12.9. The van der Waals surface area contributed by atoms with Crippen molar-refractivity contribution in [3.63, 3.8) is 0 Å². The fourth-order valence-corrected chi connectivity index (χ4v) is 1.18. The van der Waals surface area contributed by atoms with Crippen molar-refractivity contribution in [3.8, 4) is 0 Å². The van der Waals surface area contributed by atoms with Crippen molar-refractivity contribution in [1.29, 1.82) is 0 Å². The van der Waals surface area contributed by atoms with Crippen LogP contribution in [0.3, 0.4) is 0 Å². The molecule has 5 heteroatoms. The van der Waals surface area contributed by atoms with Gasteiger partial charge < -0.3 is 10.1 Å². The summed E-state index contributed by atoms with van der Waals surface area (Å²) in [5.41, 5.74) is 0.226. The van der Waals surface area contributed by atoms with Crippen molar-refractivity contribution in [2.75, 3.05) is 20.1 Å². The maximum Gasteiger partial charge on any atom is 0.178 e. The average Bonchev–Trinajstić information content (AvgIpc) is 2.14. The molecular formula is C10H21ClN2O2. The van der Waals surface area contributed by atoms with Crippen LogP contribution in [0, 0.1) is 0 Å². The van der Waals surface area contributed by atoms with Gasteiger partial charge >= 0.3 is 0 Å².